The molecule has 1 saturated heterocycles. The lowest BCUT2D eigenvalue weighted by Gasteiger charge is -2.35. The van der Waals surface area contributed by atoms with E-state index in [9.17, 15) is 14.9 Å². The highest BCUT2D eigenvalue weighted by Gasteiger charge is 2.33. The van der Waals surface area contributed by atoms with E-state index < -0.39 is 0 Å². The van der Waals surface area contributed by atoms with Crippen LogP contribution in [0.1, 0.15) is 31.4 Å². The summed E-state index contributed by atoms with van der Waals surface area (Å²) < 4.78 is 0. The standard InChI is InChI=1S/C28H29ClN4O2S/c1-19(2)15-26(34)31-11-13-32(14-12-31)27(35)24(17-30)28-33(23-6-4-5-22(29)16-23)25(18-36-28)21-9-7-20(3)8-10-21/h4-10,16,18-19H,11-15H2,1-3H3/b28-24-. The molecule has 1 fully saturated rings. The van der Waals surface area contributed by atoms with E-state index in [0.717, 1.165) is 22.5 Å². The van der Waals surface area contributed by atoms with Gasteiger partial charge in [0.15, 0.2) is 0 Å². The lowest BCUT2D eigenvalue weighted by molar-refractivity contribution is -0.138. The molecule has 0 unspecified atom stereocenters. The number of rotatable bonds is 5. The van der Waals surface area contributed by atoms with E-state index in [1.807, 2.05) is 78.4 Å². The molecule has 2 aliphatic heterocycles. The first-order chi connectivity index (χ1) is 17.3. The molecule has 2 aromatic rings. The number of carbonyl (C=O) groups excluding carboxylic acids is 2. The van der Waals surface area contributed by atoms with Crippen molar-refractivity contribution in [3.63, 3.8) is 0 Å². The molecular formula is C28H29ClN4O2S. The molecule has 0 atom stereocenters. The molecule has 6 nitrogen and oxygen atoms in total. The van der Waals surface area contributed by atoms with Crippen LogP contribution >= 0.6 is 23.4 Å². The van der Waals surface area contributed by atoms with Crippen LogP contribution < -0.4 is 4.90 Å². The Bertz CT molecular complexity index is 1260. The summed E-state index contributed by atoms with van der Waals surface area (Å²) in [7, 11) is 0. The third-order valence-corrected chi connectivity index (χ3v) is 7.37. The van der Waals surface area contributed by atoms with Crippen molar-refractivity contribution < 1.29 is 9.59 Å². The summed E-state index contributed by atoms with van der Waals surface area (Å²) >= 11 is 7.67. The first kappa shape index (κ1) is 25.9. The second kappa shape index (κ2) is 11.2. The van der Waals surface area contributed by atoms with Crippen molar-refractivity contribution in [2.24, 2.45) is 5.92 Å². The zero-order valence-corrected chi connectivity index (χ0v) is 22.3. The number of nitrogens with zero attached hydrogens (tertiary/aromatic N) is 4. The number of hydrogen-bond acceptors (Lipinski definition) is 5. The number of halogens is 1. The average Bonchev–Trinajstić information content (AvgIpc) is 3.29. The third kappa shape index (κ3) is 5.61. The van der Waals surface area contributed by atoms with Crippen LogP contribution in [0.5, 0.6) is 0 Å². The summed E-state index contributed by atoms with van der Waals surface area (Å²) in [5, 5.41) is 13.2. The van der Waals surface area contributed by atoms with Gasteiger partial charge in [-0.15, -0.1) is 0 Å². The van der Waals surface area contributed by atoms with Crippen molar-refractivity contribution in [3.05, 3.63) is 80.7 Å². The molecule has 2 aromatic carbocycles. The fourth-order valence-electron chi connectivity index (χ4n) is 4.27. The molecule has 0 radical (unpaired) electrons. The van der Waals surface area contributed by atoms with Gasteiger partial charge in [0.25, 0.3) is 5.91 Å². The summed E-state index contributed by atoms with van der Waals surface area (Å²) in [5.41, 5.74) is 3.86. The van der Waals surface area contributed by atoms with Crippen LogP contribution in [0.2, 0.25) is 5.02 Å². The first-order valence-electron chi connectivity index (χ1n) is 12.0. The van der Waals surface area contributed by atoms with E-state index in [4.69, 9.17) is 11.6 Å². The maximum absolute atomic E-state index is 13.6. The molecule has 0 bridgehead atoms. The van der Waals surface area contributed by atoms with Crippen LogP contribution in [0.3, 0.4) is 0 Å². The van der Waals surface area contributed by atoms with Gasteiger partial charge < -0.3 is 14.7 Å². The number of carbonyl (C=O) groups is 2. The highest BCUT2D eigenvalue weighted by molar-refractivity contribution is 8.06. The second-order valence-corrected chi connectivity index (χ2v) is 10.7. The molecular weight excluding hydrogens is 492 g/mol. The van der Waals surface area contributed by atoms with E-state index in [1.165, 1.54) is 11.8 Å². The molecule has 186 valence electrons. The molecule has 36 heavy (non-hydrogen) atoms. The van der Waals surface area contributed by atoms with Crippen LogP contribution in [0.15, 0.2) is 64.5 Å². The van der Waals surface area contributed by atoms with Gasteiger partial charge in [0.05, 0.1) is 5.70 Å². The van der Waals surface area contributed by atoms with Crippen molar-refractivity contribution >= 4 is 46.6 Å². The van der Waals surface area contributed by atoms with Gasteiger partial charge in [-0.2, -0.15) is 5.26 Å². The van der Waals surface area contributed by atoms with Crippen molar-refractivity contribution in [1.29, 1.82) is 5.26 Å². The molecule has 0 N–H and O–H groups in total. The molecule has 2 aliphatic rings. The number of piperazine rings is 1. The van der Waals surface area contributed by atoms with Crippen LogP contribution in [-0.4, -0.2) is 47.8 Å². The van der Waals surface area contributed by atoms with Crippen LogP contribution in [0.4, 0.5) is 5.69 Å². The number of benzene rings is 2. The van der Waals surface area contributed by atoms with E-state index in [2.05, 4.69) is 6.07 Å². The Morgan fingerprint density at radius 1 is 1.06 bits per heavy atom. The maximum atomic E-state index is 13.6. The molecule has 2 amide bonds. The Morgan fingerprint density at radius 2 is 1.72 bits per heavy atom. The predicted octanol–water partition coefficient (Wildman–Crippen LogP) is 5.65. The summed E-state index contributed by atoms with van der Waals surface area (Å²) in [6.07, 6.45) is 0.500. The van der Waals surface area contributed by atoms with Crippen molar-refractivity contribution in [1.82, 2.24) is 9.80 Å². The maximum Gasteiger partial charge on any atom is 0.267 e. The minimum Gasteiger partial charge on any atom is -0.339 e. The Labute approximate surface area is 221 Å². The Morgan fingerprint density at radius 3 is 2.33 bits per heavy atom. The van der Waals surface area contributed by atoms with Crippen LogP contribution in [0.25, 0.3) is 5.70 Å². The molecule has 8 heteroatoms. The minimum absolute atomic E-state index is 0.0836. The summed E-state index contributed by atoms with van der Waals surface area (Å²) in [4.78, 5) is 31.4. The number of aryl methyl sites for hydroxylation is 1. The average molecular weight is 521 g/mol. The normalized spacial score (nSPS) is 17.2. The highest BCUT2D eigenvalue weighted by atomic mass is 35.5. The fraction of sp³-hybridized carbons (Fsp3) is 0.321. The zero-order chi connectivity index (χ0) is 25.8. The number of amides is 2. The molecule has 0 spiro atoms. The van der Waals surface area contributed by atoms with Gasteiger partial charge in [-0.1, -0.05) is 73.1 Å². The molecule has 0 aromatic heterocycles. The number of anilines is 1. The first-order valence-corrected chi connectivity index (χ1v) is 13.2. The molecule has 2 heterocycles. The highest BCUT2D eigenvalue weighted by Crippen LogP contribution is 2.45. The second-order valence-electron chi connectivity index (χ2n) is 9.37. The van der Waals surface area contributed by atoms with Crippen molar-refractivity contribution in [3.8, 4) is 6.07 Å². The third-order valence-electron chi connectivity index (χ3n) is 6.18. The van der Waals surface area contributed by atoms with Crippen molar-refractivity contribution in [2.45, 2.75) is 27.2 Å². The monoisotopic (exact) mass is 520 g/mol. The molecule has 4 rings (SSSR count). The minimum atomic E-state index is -0.318. The molecule has 0 aliphatic carbocycles. The van der Waals surface area contributed by atoms with Gasteiger partial charge in [-0.3, -0.25) is 9.59 Å². The molecule has 0 saturated carbocycles. The van der Waals surface area contributed by atoms with E-state index in [1.54, 1.807) is 11.0 Å². The number of nitriles is 1. The van der Waals surface area contributed by atoms with E-state index >= 15 is 0 Å². The SMILES string of the molecule is Cc1ccc(C2=CS/C(=C(/C#N)C(=O)N3CCN(C(=O)CC(C)C)CC3)N2c2cccc(Cl)c2)cc1. The van der Waals surface area contributed by atoms with E-state index in [-0.39, 0.29) is 17.4 Å². The topological polar surface area (TPSA) is 67.6 Å². The van der Waals surface area contributed by atoms with Gasteiger partial charge in [-0.25, -0.2) is 0 Å². The van der Waals surface area contributed by atoms with Gasteiger partial charge in [0.1, 0.15) is 16.7 Å². The zero-order valence-electron chi connectivity index (χ0n) is 20.7. The van der Waals surface area contributed by atoms with Crippen LogP contribution in [0, 0.1) is 24.2 Å². The lowest BCUT2D eigenvalue weighted by atomic mass is 10.1. The predicted molar refractivity (Wildman–Crippen MR) is 146 cm³/mol. The quantitative estimate of drug-likeness (QED) is 0.376. The Hall–Kier alpha value is -3.21. The Kier molecular flexibility index (Phi) is 8.07. The van der Waals surface area contributed by atoms with Gasteiger partial charge in [0.2, 0.25) is 5.91 Å². The van der Waals surface area contributed by atoms with Gasteiger partial charge in [0, 0.05) is 48.7 Å². The van der Waals surface area contributed by atoms with Crippen molar-refractivity contribution in [2.75, 3.05) is 31.1 Å². The smallest absolute Gasteiger partial charge is 0.267 e. The summed E-state index contributed by atoms with van der Waals surface area (Å²) in [6.45, 7) is 7.83. The number of thioether (sulfide) groups is 1. The van der Waals surface area contributed by atoms with Gasteiger partial charge in [-0.05, 0) is 36.6 Å². The largest absolute Gasteiger partial charge is 0.339 e. The summed E-state index contributed by atoms with van der Waals surface area (Å²) in [5.74, 6) is 0.0853. The summed E-state index contributed by atoms with van der Waals surface area (Å²) in [6, 6.07) is 17.7. The van der Waals surface area contributed by atoms with Gasteiger partial charge >= 0.3 is 0 Å². The lowest BCUT2D eigenvalue weighted by Crippen LogP contribution is -2.51. The Balaban J connectivity index is 1.63. The number of hydrogen-bond donors (Lipinski definition) is 0. The van der Waals surface area contributed by atoms with E-state index in [0.29, 0.717) is 48.6 Å². The van der Waals surface area contributed by atoms with Crippen LogP contribution in [-0.2, 0) is 9.59 Å². The fourth-order valence-corrected chi connectivity index (χ4v) is 5.48.